The van der Waals surface area contributed by atoms with Crippen LogP contribution in [-0.2, 0) is 14.3 Å². The Morgan fingerprint density at radius 1 is 0.840 bits per heavy atom. The van der Waals surface area contributed by atoms with Crippen molar-refractivity contribution >= 4 is 11.9 Å². The van der Waals surface area contributed by atoms with E-state index in [1.54, 1.807) is 0 Å². The van der Waals surface area contributed by atoms with Crippen LogP contribution in [0.3, 0.4) is 0 Å². The van der Waals surface area contributed by atoms with Crippen molar-refractivity contribution in [3.05, 3.63) is 0 Å². The van der Waals surface area contributed by atoms with Crippen LogP contribution in [0, 0.1) is 17.8 Å². The second kappa shape index (κ2) is 11.5. The minimum Gasteiger partial charge on any atom is -0.481 e. The van der Waals surface area contributed by atoms with Gasteiger partial charge in [-0.15, -0.1) is 0 Å². The molecule has 4 nitrogen and oxygen atoms in total. The van der Waals surface area contributed by atoms with Crippen LogP contribution < -0.4 is 0 Å². The molecule has 0 saturated heterocycles. The molecule has 0 aromatic heterocycles. The molecule has 0 spiro atoms. The topological polar surface area (TPSA) is 63.6 Å². The lowest BCUT2D eigenvalue weighted by atomic mass is 9.64. The Morgan fingerprint density at radius 2 is 1.60 bits per heavy atom. The molecule has 144 valence electrons. The number of carboxylic acid groups (broad SMARTS) is 1. The highest BCUT2D eigenvalue weighted by atomic mass is 16.5. The zero-order valence-corrected chi connectivity index (χ0v) is 15.7. The maximum absolute atomic E-state index is 11.7. The Labute approximate surface area is 152 Å². The van der Waals surface area contributed by atoms with Gasteiger partial charge in [-0.05, 0) is 43.4 Å². The van der Waals surface area contributed by atoms with Gasteiger partial charge in [0.2, 0.25) is 0 Å². The van der Waals surface area contributed by atoms with Crippen LogP contribution in [-0.4, -0.2) is 23.7 Å². The van der Waals surface area contributed by atoms with Crippen LogP contribution in [0.2, 0.25) is 0 Å². The highest BCUT2D eigenvalue weighted by Crippen LogP contribution is 2.45. The van der Waals surface area contributed by atoms with Gasteiger partial charge >= 0.3 is 11.9 Å². The summed E-state index contributed by atoms with van der Waals surface area (Å²) in [6.45, 7) is 0.358. The first kappa shape index (κ1) is 20.3. The van der Waals surface area contributed by atoms with Crippen LogP contribution in [0.1, 0.15) is 96.3 Å². The average Bonchev–Trinajstić information content (AvgIpc) is 2.61. The second-order valence-electron chi connectivity index (χ2n) is 8.07. The summed E-state index contributed by atoms with van der Waals surface area (Å²) in [7, 11) is 0. The van der Waals surface area contributed by atoms with Gasteiger partial charge in [-0.1, -0.05) is 57.8 Å². The van der Waals surface area contributed by atoms with Crippen molar-refractivity contribution in [3.8, 4) is 0 Å². The molecule has 4 heteroatoms. The molecular formula is C21H36O4. The van der Waals surface area contributed by atoms with Crippen molar-refractivity contribution in [2.24, 2.45) is 17.8 Å². The summed E-state index contributed by atoms with van der Waals surface area (Å²) in [4.78, 5) is 22.0. The molecule has 2 aliphatic rings. The quantitative estimate of drug-likeness (QED) is 0.402. The van der Waals surface area contributed by atoms with Crippen molar-refractivity contribution in [2.75, 3.05) is 6.61 Å². The largest absolute Gasteiger partial charge is 0.481 e. The molecule has 25 heavy (non-hydrogen) atoms. The Kier molecular flexibility index (Phi) is 9.35. The highest BCUT2D eigenvalue weighted by molar-refractivity contribution is 5.69. The fourth-order valence-electron chi connectivity index (χ4n) is 4.92. The van der Waals surface area contributed by atoms with E-state index in [0.29, 0.717) is 25.9 Å². The number of carboxylic acids is 1. The van der Waals surface area contributed by atoms with E-state index in [4.69, 9.17) is 9.84 Å². The number of hydrogen-bond acceptors (Lipinski definition) is 3. The minimum absolute atomic E-state index is 0.125. The fraction of sp³-hybridized carbons (Fsp3) is 0.905. The molecule has 0 aromatic rings. The van der Waals surface area contributed by atoms with Gasteiger partial charge in [-0.2, -0.15) is 0 Å². The van der Waals surface area contributed by atoms with Crippen LogP contribution in [0.15, 0.2) is 0 Å². The van der Waals surface area contributed by atoms with E-state index < -0.39 is 5.97 Å². The molecule has 1 N–H and O–H groups in total. The molecule has 0 bridgehead atoms. The number of unbranched alkanes of at least 4 members (excludes halogenated alkanes) is 3. The molecule has 3 unspecified atom stereocenters. The average molecular weight is 353 g/mol. The lowest BCUT2D eigenvalue weighted by Gasteiger charge is -2.41. The van der Waals surface area contributed by atoms with E-state index >= 15 is 0 Å². The number of ether oxygens (including phenoxy) is 1. The molecule has 0 heterocycles. The van der Waals surface area contributed by atoms with Gasteiger partial charge in [0.05, 0.1) is 6.61 Å². The summed E-state index contributed by atoms with van der Waals surface area (Å²) in [6, 6.07) is 0. The monoisotopic (exact) mass is 352 g/mol. The molecule has 0 aromatic carbocycles. The number of carbonyl (C=O) groups excluding carboxylic acids is 1. The molecule has 0 radical (unpaired) electrons. The van der Waals surface area contributed by atoms with E-state index in [1.165, 1.54) is 57.8 Å². The van der Waals surface area contributed by atoms with Crippen LogP contribution in [0.5, 0.6) is 0 Å². The number of fused-ring (bicyclic) bond motifs is 1. The van der Waals surface area contributed by atoms with Crippen molar-refractivity contribution < 1.29 is 19.4 Å². The Bertz CT molecular complexity index is 405. The Balaban J connectivity index is 1.47. The van der Waals surface area contributed by atoms with Crippen molar-refractivity contribution in [1.82, 2.24) is 0 Å². The fourth-order valence-corrected chi connectivity index (χ4v) is 4.92. The number of rotatable bonds is 11. The summed E-state index contributed by atoms with van der Waals surface area (Å²) < 4.78 is 5.16. The van der Waals surface area contributed by atoms with E-state index in [-0.39, 0.29) is 12.4 Å². The molecule has 2 rings (SSSR count). The summed E-state index contributed by atoms with van der Waals surface area (Å²) >= 11 is 0. The van der Waals surface area contributed by atoms with Gasteiger partial charge in [0.1, 0.15) is 0 Å². The molecule has 0 amide bonds. The first-order chi connectivity index (χ1) is 12.2. The molecule has 2 fully saturated rings. The maximum Gasteiger partial charge on any atom is 0.305 e. The van der Waals surface area contributed by atoms with E-state index in [1.807, 2.05) is 0 Å². The van der Waals surface area contributed by atoms with Crippen LogP contribution in [0.4, 0.5) is 0 Å². The first-order valence-corrected chi connectivity index (χ1v) is 10.5. The van der Waals surface area contributed by atoms with Gasteiger partial charge in [0.25, 0.3) is 0 Å². The zero-order valence-electron chi connectivity index (χ0n) is 15.7. The lowest BCUT2D eigenvalue weighted by Crippen LogP contribution is -2.30. The second-order valence-corrected chi connectivity index (χ2v) is 8.07. The van der Waals surface area contributed by atoms with Gasteiger partial charge in [-0.25, -0.2) is 0 Å². The van der Waals surface area contributed by atoms with Crippen LogP contribution >= 0.6 is 0 Å². The smallest absolute Gasteiger partial charge is 0.305 e. The van der Waals surface area contributed by atoms with Gasteiger partial charge in [0.15, 0.2) is 0 Å². The van der Waals surface area contributed by atoms with Crippen LogP contribution in [0.25, 0.3) is 0 Å². The van der Waals surface area contributed by atoms with Crippen molar-refractivity contribution in [1.29, 1.82) is 0 Å². The maximum atomic E-state index is 11.7. The minimum atomic E-state index is -0.788. The Morgan fingerprint density at radius 3 is 2.44 bits per heavy atom. The van der Waals surface area contributed by atoms with E-state index in [2.05, 4.69) is 0 Å². The highest BCUT2D eigenvalue weighted by Gasteiger charge is 2.34. The molecule has 3 atom stereocenters. The SMILES string of the molecule is O=C(O)CCCCOC(=O)CCCCCC1CCCC2CCCCC12. The van der Waals surface area contributed by atoms with Gasteiger partial charge in [-0.3, -0.25) is 9.59 Å². The Hall–Kier alpha value is -1.06. The summed E-state index contributed by atoms with van der Waals surface area (Å²) in [5.41, 5.74) is 0. The van der Waals surface area contributed by atoms with Gasteiger partial charge < -0.3 is 9.84 Å². The lowest BCUT2D eigenvalue weighted by molar-refractivity contribution is -0.143. The number of esters is 1. The standard InChI is InChI=1S/C21H36O4/c22-20(23)14-6-7-16-25-21(24)15-3-1-2-9-17-11-8-12-18-10-4-5-13-19(17)18/h17-19H,1-16H2,(H,22,23). The van der Waals surface area contributed by atoms with Crippen molar-refractivity contribution in [3.63, 3.8) is 0 Å². The predicted molar refractivity (Wildman–Crippen MR) is 98.3 cm³/mol. The summed E-state index contributed by atoms with van der Waals surface area (Å²) in [5.74, 6) is 2.05. The van der Waals surface area contributed by atoms with Crippen molar-refractivity contribution in [2.45, 2.75) is 96.3 Å². The summed E-state index contributed by atoms with van der Waals surface area (Å²) in [6.07, 6.45) is 16.7. The normalized spacial score (nSPS) is 26.0. The number of hydrogen-bond donors (Lipinski definition) is 1. The third-order valence-corrected chi connectivity index (χ3v) is 6.23. The number of carbonyl (C=O) groups is 2. The molecule has 0 aliphatic heterocycles. The first-order valence-electron chi connectivity index (χ1n) is 10.5. The summed E-state index contributed by atoms with van der Waals surface area (Å²) in [5, 5.41) is 8.54. The predicted octanol–water partition coefficient (Wildman–Crippen LogP) is 5.34. The third-order valence-electron chi connectivity index (χ3n) is 6.23. The number of aliphatic carboxylic acids is 1. The molecular weight excluding hydrogens is 316 g/mol. The van der Waals surface area contributed by atoms with E-state index in [9.17, 15) is 9.59 Å². The van der Waals surface area contributed by atoms with Gasteiger partial charge in [0, 0.05) is 12.8 Å². The molecule has 2 aliphatic carbocycles. The third kappa shape index (κ3) is 7.79. The van der Waals surface area contributed by atoms with E-state index in [0.717, 1.165) is 30.6 Å². The molecule has 2 saturated carbocycles. The zero-order chi connectivity index (χ0) is 17.9.